The van der Waals surface area contributed by atoms with Crippen molar-refractivity contribution < 1.29 is 19.1 Å². The largest absolute Gasteiger partial charge is 0.458 e. The summed E-state index contributed by atoms with van der Waals surface area (Å²) in [7, 11) is -1.84. The van der Waals surface area contributed by atoms with Gasteiger partial charge in [0.2, 0.25) is 0 Å². The second-order valence-electron chi connectivity index (χ2n) is 6.32. The first-order valence-electron chi connectivity index (χ1n) is 6.49. The van der Waals surface area contributed by atoms with Gasteiger partial charge in [0.25, 0.3) is 0 Å². The fraction of sp³-hybridized carbons (Fsp3) is 0.643. The zero-order valence-corrected chi connectivity index (χ0v) is 13.4. The van der Waals surface area contributed by atoms with E-state index >= 15 is 0 Å². The molecule has 1 aliphatic rings. The Hall–Kier alpha value is -0.913. The zero-order chi connectivity index (χ0) is 14.7. The topological polar surface area (TPSA) is 55.8 Å². The van der Waals surface area contributed by atoms with Crippen LogP contribution in [-0.4, -0.2) is 38.7 Å². The van der Waals surface area contributed by atoms with E-state index in [2.05, 4.69) is 33.9 Å². The Balaban J connectivity index is 2.53. The van der Waals surface area contributed by atoms with E-state index in [0.717, 1.165) is 5.57 Å². The molecule has 0 saturated heterocycles. The maximum Gasteiger partial charge on any atom is 0.331 e. The summed E-state index contributed by atoms with van der Waals surface area (Å²) >= 11 is 0. The first-order valence-corrected chi connectivity index (χ1v) is 9.40. The van der Waals surface area contributed by atoms with E-state index in [-0.39, 0.29) is 24.2 Å². The number of hydrogen-bond donors (Lipinski definition) is 1. The number of cyclic esters (lactones) is 1. The first kappa shape index (κ1) is 16.1. The lowest BCUT2D eigenvalue weighted by Crippen LogP contribution is -2.42. The summed E-state index contributed by atoms with van der Waals surface area (Å²) in [4.78, 5) is 10.8. The summed E-state index contributed by atoms with van der Waals surface area (Å²) in [5.41, 5.74) is 0.797. The smallest absolute Gasteiger partial charge is 0.331 e. The summed E-state index contributed by atoms with van der Waals surface area (Å²) in [6.07, 6.45) is 4.03. The number of hydrogen-bond acceptors (Lipinski definition) is 4. The van der Waals surface area contributed by atoms with Gasteiger partial charge in [-0.1, -0.05) is 20.8 Å². The lowest BCUT2D eigenvalue weighted by molar-refractivity contribution is -0.137. The van der Waals surface area contributed by atoms with Crippen LogP contribution < -0.4 is 0 Å². The van der Waals surface area contributed by atoms with Gasteiger partial charge in [0.15, 0.2) is 8.32 Å². The molecule has 0 saturated carbocycles. The standard InChI is InChI=1S/C14H24O4Si/c1-14(2,3)19(4,5)18-10-12(15)8-11-6-7-13(16)17-9-11/h6-8,12,15H,9-10H2,1-5H3/b11-8-. The molecule has 108 valence electrons. The van der Waals surface area contributed by atoms with Gasteiger partial charge >= 0.3 is 5.97 Å². The number of carbonyl (C=O) groups is 1. The minimum Gasteiger partial charge on any atom is -0.458 e. The molecule has 0 aromatic carbocycles. The number of ether oxygens (including phenoxy) is 1. The van der Waals surface area contributed by atoms with Gasteiger partial charge in [-0.3, -0.25) is 0 Å². The summed E-state index contributed by atoms with van der Waals surface area (Å²) in [5, 5.41) is 10.1. The lowest BCUT2D eigenvalue weighted by Gasteiger charge is -2.36. The van der Waals surface area contributed by atoms with Crippen molar-refractivity contribution in [1.29, 1.82) is 0 Å². The van der Waals surface area contributed by atoms with E-state index in [9.17, 15) is 9.90 Å². The van der Waals surface area contributed by atoms with E-state index < -0.39 is 14.4 Å². The molecule has 1 rings (SSSR count). The predicted octanol–water partition coefficient (Wildman–Crippen LogP) is 2.41. The molecule has 1 heterocycles. The highest BCUT2D eigenvalue weighted by atomic mass is 28.4. The molecule has 0 radical (unpaired) electrons. The van der Waals surface area contributed by atoms with Crippen molar-refractivity contribution in [3.05, 3.63) is 23.8 Å². The van der Waals surface area contributed by atoms with Gasteiger partial charge in [-0.2, -0.15) is 0 Å². The normalized spacial score (nSPS) is 20.5. The van der Waals surface area contributed by atoms with Crippen LogP contribution in [0.5, 0.6) is 0 Å². The molecule has 4 nitrogen and oxygen atoms in total. The summed E-state index contributed by atoms with van der Waals surface area (Å²) in [6, 6.07) is 0. The average Bonchev–Trinajstić information content (AvgIpc) is 2.28. The quantitative estimate of drug-likeness (QED) is 0.636. The molecule has 5 heteroatoms. The Kier molecular flexibility index (Phi) is 5.12. The number of rotatable bonds is 4. The van der Waals surface area contributed by atoms with Crippen molar-refractivity contribution in [2.75, 3.05) is 13.2 Å². The summed E-state index contributed by atoms with van der Waals surface area (Å²) in [6.45, 7) is 11.3. The molecule has 0 aromatic rings. The van der Waals surface area contributed by atoms with Crippen LogP contribution in [0.15, 0.2) is 23.8 Å². The van der Waals surface area contributed by atoms with E-state index in [1.165, 1.54) is 6.08 Å². The van der Waals surface area contributed by atoms with Gasteiger partial charge in [-0.25, -0.2) is 4.79 Å². The highest BCUT2D eigenvalue weighted by molar-refractivity contribution is 6.74. The fourth-order valence-electron chi connectivity index (χ4n) is 1.33. The maximum atomic E-state index is 10.8. The molecule has 0 aromatic heterocycles. The van der Waals surface area contributed by atoms with Crippen molar-refractivity contribution >= 4 is 14.3 Å². The minimum absolute atomic E-state index is 0.125. The SMILES string of the molecule is CC(C)(C)[Si](C)(C)OCC(O)/C=C1/C=CC(=O)OC1. The molecule has 0 amide bonds. The van der Waals surface area contributed by atoms with E-state index in [1.54, 1.807) is 12.2 Å². The third kappa shape index (κ3) is 4.93. The average molecular weight is 284 g/mol. The number of esters is 1. The van der Waals surface area contributed by atoms with Gasteiger partial charge in [-0.15, -0.1) is 0 Å². The maximum absolute atomic E-state index is 10.8. The molecule has 0 aliphatic carbocycles. The van der Waals surface area contributed by atoms with Crippen LogP contribution in [0.25, 0.3) is 0 Å². The lowest BCUT2D eigenvalue weighted by atomic mass is 10.1. The van der Waals surface area contributed by atoms with Crippen LogP contribution in [0.4, 0.5) is 0 Å². The molecule has 1 atom stereocenters. The summed E-state index contributed by atoms with van der Waals surface area (Å²) < 4.78 is 10.8. The minimum atomic E-state index is -1.84. The Labute approximate surface area is 116 Å². The van der Waals surface area contributed by atoms with Crippen molar-refractivity contribution in [3.63, 3.8) is 0 Å². The Morgan fingerprint density at radius 3 is 2.58 bits per heavy atom. The third-order valence-electron chi connectivity index (χ3n) is 3.64. The number of carbonyl (C=O) groups excluding carboxylic acids is 1. The molecular formula is C14H24O4Si. The summed E-state index contributed by atoms with van der Waals surface area (Å²) in [5.74, 6) is -0.343. The van der Waals surface area contributed by atoms with Crippen molar-refractivity contribution in [2.24, 2.45) is 0 Å². The zero-order valence-electron chi connectivity index (χ0n) is 12.4. The second kappa shape index (κ2) is 6.03. The van der Waals surface area contributed by atoms with E-state index in [4.69, 9.17) is 9.16 Å². The Bertz CT molecular complexity index is 391. The number of aliphatic hydroxyl groups excluding tert-OH is 1. The van der Waals surface area contributed by atoms with Gasteiger partial charge in [0.05, 0.1) is 12.7 Å². The molecular weight excluding hydrogens is 260 g/mol. The molecule has 0 bridgehead atoms. The van der Waals surface area contributed by atoms with Crippen LogP contribution in [-0.2, 0) is 14.0 Å². The van der Waals surface area contributed by atoms with Crippen LogP contribution in [0.3, 0.4) is 0 Å². The number of aliphatic hydroxyl groups is 1. The highest BCUT2D eigenvalue weighted by Gasteiger charge is 2.37. The van der Waals surface area contributed by atoms with E-state index in [0.29, 0.717) is 0 Å². The molecule has 1 aliphatic heterocycles. The molecule has 0 fully saturated rings. The molecule has 0 spiro atoms. The molecule has 1 unspecified atom stereocenters. The molecule has 19 heavy (non-hydrogen) atoms. The highest BCUT2D eigenvalue weighted by Crippen LogP contribution is 2.36. The van der Waals surface area contributed by atoms with Crippen LogP contribution >= 0.6 is 0 Å². The van der Waals surface area contributed by atoms with Gasteiger partial charge < -0.3 is 14.3 Å². The van der Waals surface area contributed by atoms with Gasteiger partial charge in [0, 0.05) is 6.08 Å². The van der Waals surface area contributed by atoms with E-state index in [1.807, 2.05) is 0 Å². The molecule has 1 N–H and O–H groups in total. The van der Waals surface area contributed by atoms with Crippen molar-refractivity contribution in [3.8, 4) is 0 Å². The van der Waals surface area contributed by atoms with Crippen molar-refractivity contribution in [1.82, 2.24) is 0 Å². The predicted molar refractivity (Wildman–Crippen MR) is 77.3 cm³/mol. The van der Waals surface area contributed by atoms with Crippen LogP contribution in [0.2, 0.25) is 18.1 Å². The monoisotopic (exact) mass is 284 g/mol. The third-order valence-corrected chi connectivity index (χ3v) is 8.14. The Morgan fingerprint density at radius 2 is 2.11 bits per heavy atom. The van der Waals surface area contributed by atoms with Gasteiger partial charge in [-0.05, 0) is 35.9 Å². The van der Waals surface area contributed by atoms with Crippen molar-refractivity contribution in [2.45, 2.75) is 45.0 Å². The first-order chi connectivity index (χ1) is 8.62. The second-order valence-corrected chi connectivity index (χ2v) is 11.1. The fourth-order valence-corrected chi connectivity index (χ4v) is 2.36. The Morgan fingerprint density at radius 1 is 1.47 bits per heavy atom. The van der Waals surface area contributed by atoms with Crippen LogP contribution in [0, 0.1) is 0 Å². The van der Waals surface area contributed by atoms with Gasteiger partial charge in [0.1, 0.15) is 6.61 Å². The van der Waals surface area contributed by atoms with Crippen LogP contribution in [0.1, 0.15) is 20.8 Å².